The summed E-state index contributed by atoms with van der Waals surface area (Å²) in [6.07, 6.45) is 0. The molecule has 0 bridgehead atoms. The number of hydrogen-bond acceptors (Lipinski definition) is 2. The van der Waals surface area contributed by atoms with Gasteiger partial charge in [-0.05, 0) is 52.9 Å². The molecule has 0 atom stereocenters. The summed E-state index contributed by atoms with van der Waals surface area (Å²) >= 11 is 8.19. The van der Waals surface area contributed by atoms with Gasteiger partial charge in [0.15, 0.2) is 0 Å². The Bertz CT molecular complexity index is 516. The van der Waals surface area contributed by atoms with E-state index in [-0.39, 0.29) is 0 Å². The number of benzene rings is 2. The Morgan fingerprint density at radius 1 is 1.06 bits per heavy atom. The van der Waals surface area contributed by atoms with Crippen LogP contribution in [0, 0.1) is 3.57 Å². The van der Waals surface area contributed by atoms with Crippen molar-refractivity contribution in [3.63, 3.8) is 0 Å². The summed E-state index contributed by atoms with van der Waals surface area (Å²) in [5, 5.41) is 0.570. The van der Waals surface area contributed by atoms with Crippen LogP contribution in [-0.2, 0) is 0 Å². The summed E-state index contributed by atoms with van der Waals surface area (Å²) in [5.74, 6) is 1.23. The molecule has 82 valence electrons. The molecular formula is C12H9ClINO. The number of hydrogen-bond donors (Lipinski definition) is 1. The minimum absolute atomic E-state index is 0.570. The van der Waals surface area contributed by atoms with E-state index in [1.54, 1.807) is 12.1 Å². The molecule has 2 rings (SSSR count). The Balaban J connectivity index is 2.31. The molecule has 0 fully saturated rings. The second kappa shape index (κ2) is 4.93. The molecule has 0 heterocycles. The van der Waals surface area contributed by atoms with Gasteiger partial charge in [-0.25, -0.2) is 0 Å². The van der Waals surface area contributed by atoms with Gasteiger partial charge in [-0.3, -0.25) is 0 Å². The van der Waals surface area contributed by atoms with Gasteiger partial charge in [-0.2, -0.15) is 0 Å². The van der Waals surface area contributed by atoms with Crippen LogP contribution >= 0.6 is 34.2 Å². The normalized spacial score (nSPS) is 10.1. The third kappa shape index (κ3) is 2.59. The maximum atomic E-state index is 5.99. The highest BCUT2D eigenvalue weighted by Crippen LogP contribution is 2.32. The number of rotatable bonds is 2. The number of nitrogens with two attached hydrogens (primary N) is 1. The Morgan fingerprint density at radius 3 is 2.50 bits per heavy atom. The molecule has 0 amide bonds. The van der Waals surface area contributed by atoms with E-state index >= 15 is 0 Å². The van der Waals surface area contributed by atoms with Gasteiger partial charge in [0.05, 0.1) is 10.7 Å². The van der Waals surface area contributed by atoms with Crippen molar-refractivity contribution in [1.29, 1.82) is 0 Å². The standard InChI is InChI=1S/C12H9ClINO/c13-9-3-1-2-4-11(9)16-12-6-5-8(14)7-10(12)15/h1-7H,15H2. The number of nitrogen functional groups attached to an aromatic ring is 1. The predicted octanol–water partition coefficient (Wildman–Crippen LogP) is 4.32. The quantitative estimate of drug-likeness (QED) is 0.650. The largest absolute Gasteiger partial charge is 0.454 e. The van der Waals surface area contributed by atoms with Gasteiger partial charge < -0.3 is 10.5 Å². The first-order chi connectivity index (χ1) is 7.66. The molecule has 0 saturated carbocycles. The van der Waals surface area contributed by atoms with Gasteiger partial charge in [-0.15, -0.1) is 0 Å². The molecule has 0 aliphatic rings. The lowest BCUT2D eigenvalue weighted by molar-refractivity contribution is 0.485. The zero-order valence-corrected chi connectivity index (χ0v) is 11.2. The summed E-state index contributed by atoms with van der Waals surface area (Å²) in [6.45, 7) is 0. The van der Waals surface area contributed by atoms with Crippen LogP contribution in [-0.4, -0.2) is 0 Å². The number of halogens is 2. The summed E-state index contributed by atoms with van der Waals surface area (Å²) in [5.41, 5.74) is 6.45. The van der Waals surface area contributed by atoms with Crippen molar-refractivity contribution in [2.45, 2.75) is 0 Å². The van der Waals surface area contributed by atoms with E-state index in [9.17, 15) is 0 Å². The van der Waals surface area contributed by atoms with Crippen molar-refractivity contribution in [2.75, 3.05) is 5.73 Å². The van der Waals surface area contributed by atoms with Crippen molar-refractivity contribution < 1.29 is 4.74 Å². The molecule has 2 N–H and O–H groups in total. The molecule has 16 heavy (non-hydrogen) atoms. The minimum Gasteiger partial charge on any atom is -0.454 e. The monoisotopic (exact) mass is 345 g/mol. The van der Waals surface area contributed by atoms with Crippen LogP contribution in [0.25, 0.3) is 0 Å². The van der Waals surface area contributed by atoms with Crippen LogP contribution in [0.2, 0.25) is 5.02 Å². The highest BCUT2D eigenvalue weighted by molar-refractivity contribution is 14.1. The summed E-state index contributed by atoms with van der Waals surface area (Å²) in [6, 6.07) is 12.9. The second-order valence-corrected chi connectivity index (χ2v) is 4.87. The fourth-order valence-corrected chi connectivity index (χ4v) is 1.95. The average molecular weight is 346 g/mol. The van der Waals surface area contributed by atoms with Crippen LogP contribution < -0.4 is 10.5 Å². The van der Waals surface area contributed by atoms with Crippen molar-refractivity contribution in [1.82, 2.24) is 0 Å². The molecule has 2 nitrogen and oxygen atoms in total. The predicted molar refractivity (Wildman–Crippen MR) is 75.1 cm³/mol. The maximum Gasteiger partial charge on any atom is 0.150 e. The van der Waals surface area contributed by atoms with E-state index in [0.717, 1.165) is 3.57 Å². The lowest BCUT2D eigenvalue weighted by Gasteiger charge is -2.09. The van der Waals surface area contributed by atoms with Crippen molar-refractivity contribution in [2.24, 2.45) is 0 Å². The van der Waals surface area contributed by atoms with Crippen LogP contribution in [0.1, 0.15) is 0 Å². The van der Waals surface area contributed by atoms with E-state index in [1.807, 2.05) is 30.3 Å². The second-order valence-electron chi connectivity index (χ2n) is 3.21. The van der Waals surface area contributed by atoms with Gasteiger partial charge in [0, 0.05) is 3.57 Å². The third-order valence-electron chi connectivity index (χ3n) is 2.03. The lowest BCUT2D eigenvalue weighted by Crippen LogP contribution is -1.92. The van der Waals surface area contributed by atoms with Crippen molar-refractivity contribution in [3.8, 4) is 11.5 Å². The third-order valence-corrected chi connectivity index (χ3v) is 3.01. The van der Waals surface area contributed by atoms with Gasteiger partial charge in [0.25, 0.3) is 0 Å². The topological polar surface area (TPSA) is 35.2 Å². The first-order valence-corrected chi connectivity index (χ1v) is 6.10. The van der Waals surface area contributed by atoms with Gasteiger partial charge in [0.1, 0.15) is 11.5 Å². The number of anilines is 1. The van der Waals surface area contributed by atoms with E-state index in [1.165, 1.54) is 0 Å². The van der Waals surface area contributed by atoms with Crippen molar-refractivity contribution in [3.05, 3.63) is 51.1 Å². The van der Waals surface area contributed by atoms with Crippen LogP contribution in [0.4, 0.5) is 5.69 Å². The SMILES string of the molecule is Nc1cc(I)ccc1Oc1ccccc1Cl. The van der Waals surface area contributed by atoms with Gasteiger partial charge >= 0.3 is 0 Å². The van der Waals surface area contributed by atoms with Gasteiger partial charge in [-0.1, -0.05) is 23.7 Å². The Hall–Kier alpha value is -0.940. The summed E-state index contributed by atoms with van der Waals surface area (Å²) < 4.78 is 6.71. The van der Waals surface area contributed by atoms with E-state index in [4.69, 9.17) is 22.1 Å². The zero-order valence-electron chi connectivity index (χ0n) is 8.28. The molecule has 0 aliphatic heterocycles. The fraction of sp³-hybridized carbons (Fsp3) is 0. The Morgan fingerprint density at radius 2 is 1.81 bits per heavy atom. The average Bonchev–Trinajstić information content (AvgIpc) is 2.25. The molecule has 0 saturated heterocycles. The summed E-state index contributed by atoms with van der Waals surface area (Å²) in [7, 11) is 0. The van der Waals surface area contributed by atoms with Crippen LogP contribution in [0.5, 0.6) is 11.5 Å². The fourth-order valence-electron chi connectivity index (χ4n) is 1.26. The van der Waals surface area contributed by atoms with Gasteiger partial charge in [0.2, 0.25) is 0 Å². The van der Waals surface area contributed by atoms with Crippen molar-refractivity contribution >= 4 is 39.9 Å². The number of ether oxygens (including phenoxy) is 1. The summed E-state index contributed by atoms with van der Waals surface area (Å²) in [4.78, 5) is 0. The molecule has 0 aliphatic carbocycles. The van der Waals surface area contributed by atoms with Crippen LogP contribution in [0.15, 0.2) is 42.5 Å². The molecular weight excluding hydrogens is 336 g/mol. The minimum atomic E-state index is 0.570. The smallest absolute Gasteiger partial charge is 0.150 e. The molecule has 0 radical (unpaired) electrons. The lowest BCUT2D eigenvalue weighted by atomic mass is 10.3. The molecule has 0 unspecified atom stereocenters. The molecule has 2 aromatic carbocycles. The van der Waals surface area contributed by atoms with E-state index in [0.29, 0.717) is 22.2 Å². The van der Waals surface area contributed by atoms with Crippen LogP contribution in [0.3, 0.4) is 0 Å². The number of para-hydroxylation sites is 1. The molecule has 0 aromatic heterocycles. The first kappa shape index (κ1) is 11.5. The zero-order chi connectivity index (χ0) is 11.5. The Labute approximate surface area is 113 Å². The molecule has 2 aromatic rings. The maximum absolute atomic E-state index is 5.99. The van der Waals surface area contributed by atoms with E-state index < -0.39 is 0 Å². The highest BCUT2D eigenvalue weighted by atomic mass is 127. The molecule has 4 heteroatoms. The molecule has 0 spiro atoms. The highest BCUT2D eigenvalue weighted by Gasteiger charge is 2.05. The Kier molecular flexibility index (Phi) is 3.56. The van der Waals surface area contributed by atoms with E-state index in [2.05, 4.69) is 22.6 Å². The first-order valence-electron chi connectivity index (χ1n) is 4.64.